The van der Waals surface area contributed by atoms with Gasteiger partial charge >= 0.3 is 0 Å². The lowest BCUT2D eigenvalue weighted by Gasteiger charge is -2.26. The van der Waals surface area contributed by atoms with Gasteiger partial charge in [0.05, 0.1) is 27.8 Å². The third kappa shape index (κ3) is 3.39. The Morgan fingerprint density at radius 1 is 1.45 bits per heavy atom. The minimum absolute atomic E-state index is 0.0446. The van der Waals surface area contributed by atoms with Crippen LogP contribution in [0.2, 0.25) is 0 Å². The first-order chi connectivity index (χ1) is 9.43. The van der Waals surface area contributed by atoms with E-state index >= 15 is 0 Å². The van der Waals surface area contributed by atoms with E-state index in [2.05, 4.69) is 11.8 Å². The number of carbonyl (C=O) groups is 1. The van der Waals surface area contributed by atoms with Gasteiger partial charge in [-0.25, -0.2) is 8.42 Å². The second kappa shape index (κ2) is 5.95. The number of nitrogens with two attached hydrogens (primary N) is 1. The average Bonchev–Trinajstić information content (AvgIpc) is 2.77. The van der Waals surface area contributed by atoms with Crippen molar-refractivity contribution in [1.29, 1.82) is 0 Å². The van der Waals surface area contributed by atoms with E-state index in [0.717, 1.165) is 10.4 Å². The van der Waals surface area contributed by atoms with Crippen LogP contribution in [-0.2, 0) is 9.84 Å². The van der Waals surface area contributed by atoms with Crippen molar-refractivity contribution >= 4 is 27.1 Å². The Balaban J connectivity index is 2.14. The van der Waals surface area contributed by atoms with E-state index in [1.54, 1.807) is 11.0 Å². The topological polar surface area (TPSA) is 80.5 Å². The Hall–Kier alpha value is -1.36. The summed E-state index contributed by atoms with van der Waals surface area (Å²) >= 11 is 1.33. The van der Waals surface area contributed by atoms with Crippen LogP contribution in [0.25, 0.3) is 0 Å². The van der Waals surface area contributed by atoms with E-state index in [1.807, 2.05) is 6.92 Å². The van der Waals surface area contributed by atoms with Crippen LogP contribution < -0.4 is 5.73 Å². The molecule has 1 aromatic heterocycles. The summed E-state index contributed by atoms with van der Waals surface area (Å²) in [6, 6.07) is 1.80. The monoisotopic (exact) mass is 312 g/mol. The smallest absolute Gasteiger partial charge is 0.264 e. The van der Waals surface area contributed by atoms with Gasteiger partial charge in [0.2, 0.25) is 0 Å². The van der Waals surface area contributed by atoms with E-state index in [1.165, 1.54) is 11.3 Å². The molecule has 0 radical (unpaired) electrons. The molecule has 1 aliphatic heterocycles. The maximum Gasteiger partial charge on any atom is 0.264 e. The Labute approximate surface area is 122 Å². The number of rotatable bonds is 1. The highest BCUT2D eigenvalue weighted by molar-refractivity contribution is 7.91. The number of nitrogens with zero attached hydrogens (tertiary/aromatic N) is 1. The van der Waals surface area contributed by atoms with Gasteiger partial charge in [0.1, 0.15) is 0 Å². The highest BCUT2D eigenvalue weighted by Crippen LogP contribution is 2.23. The third-order valence-corrected chi connectivity index (χ3v) is 5.81. The second-order valence-corrected chi connectivity index (χ2v) is 7.93. The molecule has 1 fully saturated rings. The normalized spacial score (nSPS) is 17.4. The Kier molecular flexibility index (Phi) is 4.48. The molecule has 1 aromatic rings. The molecule has 0 spiro atoms. The van der Waals surface area contributed by atoms with Gasteiger partial charge in [0.25, 0.3) is 5.91 Å². The van der Waals surface area contributed by atoms with Crippen LogP contribution in [0.4, 0.5) is 0 Å². The van der Waals surface area contributed by atoms with Crippen LogP contribution in [0.5, 0.6) is 0 Å². The highest BCUT2D eigenvalue weighted by Gasteiger charge is 2.26. The number of thiophene rings is 1. The molecule has 0 bridgehead atoms. The molecule has 1 aliphatic rings. The van der Waals surface area contributed by atoms with Crippen molar-refractivity contribution < 1.29 is 13.2 Å². The molecular weight excluding hydrogens is 296 g/mol. The van der Waals surface area contributed by atoms with Gasteiger partial charge in [-0.2, -0.15) is 0 Å². The van der Waals surface area contributed by atoms with Crippen LogP contribution in [0.15, 0.2) is 6.07 Å². The SMILES string of the molecule is Cc1cc(C(=O)N2CCS(=O)(=O)CC2)sc1C#CCN. The summed E-state index contributed by atoms with van der Waals surface area (Å²) in [4.78, 5) is 15.3. The van der Waals surface area contributed by atoms with Gasteiger partial charge in [0, 0.05) is 13.1 Å². The maximum absolute atomic E-state index is 12.3. The fourth-order valence-corrected chi connectivity index (χ4v) is 4.13. The zero-order valence-electron chi connectivity index (χ0n) is 11.2. The van der Waals surface area contributed by atoms with Crippen LogP contribution >= 0.6 is 11.3 Å². The number of sulfone groups is 1. The summed E-state index contributed by atoms with van der Waals surface area (Å²) in [5.74, 6) is 5.69. The van der Waals surface area contributed by atoms with Crippen LogP contribution in [0.3, 0.4) is 0 Å². The zero-order chi connectivity index (χ0) is 14.8. The van der Waals surface area contributed by atoms with Crippen LogP contribution in [0.1, 0.15) is 20.1 Å². The average molecular weight is 312 g/mol. The molecule has 2 N–H and O–H groups in total. The highest BCUT2D eigenvalue weighted by atomic mass is 32.2. The Bertz CT molecular complexity index is 666. The lowest BCUT2D eigenvalue weighted by Crippen LogP contribution is -2.43. The summed E-state index contributed by atoms with van der Waals surface area (Å²) in [7, 11) is -2.97. The molecule has 0 unspecified atom stereocenters. The van der Waals surface area contributed by atoms with E-state index in [0.29, 0.717) is 4.88 Å². The summed E-state index contributed by atoms with van der Waals surface area (Å²) in [6.07, 6.45) is 0. The Morgan fingerprint density at radius 2 is 2.10 bits per heavy atom. The van der Waals surface area contributed by atoms with Gasteiger partial charge in [-0.05, 0) is 18.6 Å². The summed E-state index contributed by atoms with van der Waals surface area (Å²) in [6.45, 7) is 2.71. The van der Waals surface area contributed by atoms with Gasteiger partial charge < -0.3 is 10.6 Å². The minimum atomic E-state index is -2.97. The molecule has 5 nitrogen and oxygen atoms in total. The quantitative estimate of drug-likeness (QED) is 0.753. The molecule has 0 aromatic carbocycles. The first-order valence-electron chi connectivity index (χ1n) is 6.22. The molecule has 0 saturated carbocycles. The van der Waals surface area contributed by atoms with Gasteiger partial charge in [-0.1, -0.05) is 11.8 Å². The van der Waals surface area contributed by atoms with Gasteiger partial charge in [0.15, 0.2) is 9.84 Å². The first-order valence-corrected chi connectivity index (χ1v) is 8.86. The molecule has 7 heteroatoms. The molecule has 1 amide bonds. The van der Waals surface area contributed by atoms with E-state index in [-0.39, 0.29) is 37.0 Å². The molecular formula is C13H16N2O3S2. The van der Waals surface area contributed by atoms with Crippen LogP contribution in [-0.4, -0.2) is 50.4 Å². The molecule has 2 rings (SSSR count). The van der Waals surface area contributed by atoms with Gasteiger partial charge in [-0.15, -0.1) is 11.3 Å². The minimum Gasteiger partial charge on any atom is -0.336 e. The summed E-state index contributed by atoms with van der Waals surface area (Å²) < 4.78 is 22.7. The largest absolute Gasteiger partial charge is 0.336 e. The van der Waals surface area contributed by atoms with E-state index < -0.39 is 9.84 Å². The number of hydrogen-bond acceptors (Lipinski definition) is 5. The molecule has 2 heterocycles. The lowest BCUT2D eigenvalue weighted by atomic mass is 10.2. The first kappa shape index (κ1) is 15.0. The Morgan fingerprint density at radius 3 is 2.70 bits per heavy atom. The predicted octanol–water partition coefficient (Wildman–Crippen LogP) is 0.237. The second-order valence-electron chi connectivity index (χ2n) is 4.57. The fraction of sp³-hybridized carbons (Fsp3) is 0.462. The van der Waals surface area contributed by atoms with Gasteiger partial charge in [-0.3, -0.25) is 4.79 Å². The molecule has 0 atom stereocenters. The molecule has 0 aliphatic carbocycles. The van der Waals surface area contributed by atoms with E-state index in [4.69, 9.17) is 5.73 Å². The predicted molar refractivity (Wildman–Crippen MR) is 79.5 cm³/mol. The number of carbonyl (C=O) groups excluding carboxylic acids is 1. The van der Waals surface area contributed by atoms with Crippen LogP contribution in [0, 0.1) is 18.8 Å². The molecule has 1 saturated heterocycles. The van der Waals surface area contributed by atoms with E-state index in [9.17, 15) is 13.2 Å². The van der Waals surface area contributed by atoms with Crippen molar-refractivity contribution in [1.82, 2.24) is 4.90 Å². The van der Waals surface area contributed by atoms with Crippen molar-refractivity contribution in [2.45, 2.75) is 6.92 Å². The van der Waals surface area contributed by atoms with Crippen molar-refractivity contribution in [3.63, 3.8) is 0 Å². The number of amides is 1. The fourth-order valence-electron chi connectivity index (χ4n) is 1.91. The van der Waals surface area contributed by atoms with Crippen molar-refractivity contribution in [3.8, 4) is 11.8 Å². The zero-order valence-corrected chi connectivity index (χ0v) is 12.8. The van der Waals surface area contributed by atoms with Crippen molar-refractivity contribution in [3.05, 3.63) is 21.4 Å². The number of hydrogen-bond donors (Lipinski definition) is 1. The van der Waals surface area contributed by atoms with Crippen molar-refractivity contribution in [2.75, 3.05) is 31.1 Å². The molecule has 20 heavy (non-hydrogen) atoms. The molecule has 108 valence electrons. The maximum atomic E-state index is 12.3. The third-order valence-electron chi connectivity index (χ3n) is 3.06. The lowest BCUT2D eigenvalue weighted by molar-refractivity contribution is 0.0775. The summed E-state index contributed by atoms with van der Waals surface area (Å²) in [5, 5.41) is 0. The standard InChI is InChI=1S/C13H16N2O3S2/c1-10-9-12(19-11(10)3-2-4-14)13(16)15-5-7-20(17,18)8-6-15/h9H,4-8,14H2,1H3. The van der Waals surface area contributed by atoms with Crippen molar-refractivity contribution in [2.24, 2.45) is 5.73 Å². The summed E-state index contributed by atoms with van der Waals surface area (Å²) in [5.41, 5.74) is 6.28. The number of aryl methyl sites for hydroxylation is 1.